The Morgan fingerprint density at radius 2 is 2.33 bits per heavy atom. The summed E-state index contributed by atoms with van der Waals surface area (Å²) in [5.41, 5.74) is 0.893. The van der Waals surface area contributed by atoms with Gasteiger partial charge in [-0.05, 0) is 13.8 Å². The Kier molecular flexibility index (Phi) is 4.03. The fraction of sp³-hybridized carbons (Fsp3) is 0.364. The van der Waals surface area contributed by atoms with Crippen LogP contribution in [-0.4, -0.2) is 31.4 Å². The summed E-state index contributed by atoms with van der Waals surface area (Å²) in [6, 6.07) is 0. The van der Waals surface area contributed by atoms with Crippen molar-refractivity contribution in [2.24, 2.45) is 0 Å². The van der Waals surface area contributed by atoms with Gasteiger partial charge in [-0.3, -0.25) is 4.79 Å². The highest BCUT2D eigenvalue weighted by atomic mass is 32.2. The zero-order valence-electron chi connectivity index (χ0n) is 10.1. The molecule has 2 rings (SSSR count). The molecule has 0 aliphatic carbocycles. The van der Waals surface area contributed by atoms with Gasteiger partial charge < -0.3 is 9.67 Å². The summed E-state index contributed by atoms with van der Waals surface area (Å²) in [5.74, 6) is -0.807. The fourth-order valence-electron chi connectivity index (χ4n) is 1.53. The summed E-state index contributed by atoms with van der Waals surface area (Å²) in [6.07, 6.45) is 3.78. The number of imidazole rings is 1. The minimum Gasteiger partial charge on any atom is -0.481 e. The lowest BCUT2D eigenvalue weighted by Gasteiger charge is -2.03. The van der Waals surface area contributed by atoms with Gasteiger partial charge in [0.1, 0.15) is 0 Å². The largest absolute Gasteiger partial charge is 0.481 e. The van der Waals surface area contributed by atoms with Gasteiger partial charge in [0.15, 0.2) is 5.16 Å². The second-order valence-electron chi connectivity index (χ2n) is 3.82. The predicted octanol–water partition coefficient (Wildman–Crippen LogP) is 2.18. The SMILES string of the molecule is Cc1cn(Cc2cnc(C)s2)c(SCC(=O)O)n1. The summed E-state index contributed by atoms with van der Waals surface area (Å²) in [5, 5.41) is 10.5. The van der Waals surface area contributed by atoms with Crippen LogP contribution in [0.2, 0.25) is 0 Å². The number of carboxylic acids is 1. The van der Waals surface area contributed by atoms with E-state index in [-0.39, 0.29) is 5.75 Å². The van der Waals surface area contributed by atoms with Crippen LogP contribution in [0.15, 0.2) is 17.6 Å². The number of carboxylic acid groups (broad SMARTS) is 1. The molecule has 0 aliphatic heterocycles. The van der Waals surface area contributed by atoms with Gasteiger partial charge >= 0.3 is 5.97 Å². The van der Waals surface area contributed by atoms with Gasteiger partial charge in [0.25, 0.3) is 0 Å². The van der Waals surface area contributed by atoms with Crippen molar-refractivity contribution in [3.05, 3.63) is 28.0 Å². The maximum Gasteiger partial charge on any atom is 0.313 e. The summed E-state index contributed by atoms with van der Waals surface area (Å²) in [6.45, 7) is 4.56. The molecule has 2 heterocycles. The van der Waals surface area contributed by atoms with Crippen LogP contribution in [-0.2, 0) is 11.3 Å². The van der Waals surface area contributed by atoms with E-state index in [1.165, 1.54) is 11.8 Å². The van der Waals surface area contributed by atoms with Crippen molar-refractivity contribution in [2.45, 2.75) is 25.5 Å². The minimum atomic E-state index is -0.833. The molecule has 0 atom stereocenters. The van der Waals surface area contributed by atoms with E-state index in [1.54, 1.807) is 11.3 Å². The number of aliphatic carboxylic acids is 1. The molecule has 7 heteroatoms. The van der Waals surface area contributed by atoms with E-state index >= 15 is 0 Å². The normalized spacial score (nSPS) is 10.8. The fourth-order valence-corrected chi connectivity index (χ4v) is 3.06. The molecule has 0 saturated heterocycles. The second-order valence-corrected chi connectivity index (χ2v) is 6.08. The van der Waals surface area contributed by atoms with E-state index in [4.69, 9.17) is 5.11 Å². The maximum absolute atomic E-state index is 10.6. The van der Waals surface area contributed by atoms with E-state index in [0.29, 0.717) is 6.54 Å². The number of hydrogen-bond acceptors (Lipinski definition) is 5. The first-order chi connectivity index (χ1) is 8.54. The number of thiazole rings is 1. The van der Waals surface area contributed by atoms with Crippen molar-refractivity contribution in [3.63, 3.8) is 0 Å². The number of carbonyl (C=O) groups is 1. The van der Waals surface area contributed by atoms with Crippen LogP contribution < -0.4 is 0 Å². The van der Waals surface area contributed by atoms with Gasteiger partial charge in [-0.1, -0.05) is 11.8 Å². The third-order valence-electron chi connectivity index (χ3n) is 2.18. The third kappa shape index (κ3) is 3.33. The molecule has 0 saturated carbocycles. The lowest BCUT2D eigenvalue weighted by molar-refractivity contribution is -0.133. The summed E-state index contributed by atoms with van der Waals surface area (Å²) in [7, 11) is 0. The molecule has 1 N–H and O–H groups in total. The zero-order chi connectivity index (χ0) is 13.1. The Hall–Kier alpha value is -1.34. The Balaban J connectivity index is 2.14. The van der Waals surface area contributed by atoms with Gasteiger partial charge in [-0.2, -0.15) is 0 Å². The number of thioether (sulfide) groups is 1. The number of aryl methyl sites for hydroxylation is 2. The standard InChI is InChI=1S/C11H13N3O2S2/c1-7-4-14(5-9-3-12-8(2)18-9)11(13-7)17-6-10(15)16/h3-4H,5-6H2,1-2H3,(H,15,16). The molecule has 0 spiro atoms. The van der Waals surface area contributed by atoms with E-state index in [9.17, 15) is 4.79 Å². The van der Waals surface area contributed by atoms with Crippen molar-refractivity contribution in [1.29, 1.82) is 0 Å². The van der Waals surface area contributed by atoms with Crippen LogP contribution in [0.4, 0.5) is 0 Å². The number of nitrogens with zero attached hydrogens (tertiary/aromatic N) is 3. The number of rotatable bonds is 5. The van der Waals surface area contributed by atoms with Crippen molar-refractivity contribution in [2.75, 3.05) is 5.75 Å². The topological polar surface area (TPSA) is 68.0 Å². The van der Waals surface area contributed by atoms with Gasteiger partial charge in [0.05, 0.1) is 23.0 Å². The quantitative estimate of drug-likeness (QED) is 0.852. The Morgan fingerprint density at radius 3 is 2.94 bits per heavy atom. The number of hydrogen-bond donors (Lipinski definition) is 1. The minimum absolute atomic E-state index is 0.0260. The smallest absolute Gasteiger partial charge is 0.313 e. The molecule has 0 bridgehead atoms. The first kappa shape index (κ1) is 13.1. The van der Waals surface area contributed by atoms with Crippen molar-refractivity contribution in [1.82, 2.24) is 14.5 Å². The van der Waals surface area contributed by atoms with Crippen LogP contribution in [0.3, 0.4) is 0 Å². The van der Waals surface area contributed by atoms with Gasteiger partial charge in [0, 0.05) is 17.3 Å². The van der Waals surface area contributed by atoms with E-state index in [2.05, 4.69) is 9.97 Å². The van der Waals surface area contributed by atoms with Crippen molar-refractivity contribution < 1.29 is 9.90 Å². The Labute approximate surface area is 113 Å². The molecular formula is C11H13N3O2S2. The average Bonchev–Trinajstić information content (AvgIpc) is 2.83. The second kappa shape index (κ2) is 5.53. The van der Waals surface area contributed by atoms with Gasteiger partial charge in [-0.25, -0.2) is 9.97 Å². The molecule has 0 radical (unpaired) electrons. The predicted molar refractivity (Wildman–Crippen MR) is 71.3 cm³/mol. The van der Waals surface area contributed by atoms with Crippen LogP contribution >= 0.6 is 23.1 Å². The Morgan fingerprint density at radius 1 is 1.56 bits per heavy atom. The highest BCUT2D eigenvalue weighted by molar-refractivity contribution is 7.99. The molecule has 0 amide bonds. The Bertz CT molecular complexity index is 562. The number of aromatic nitrogens is 3. The van der Waals surface area contributed by atoms with Crippen LogP contribution in [0, 0.1) is 13.8 Å². The molecule has 0 aliphatic rings. The molecule has 0 unspecified atom stereocenters. The molecule has 0 aromatic carbocycles. The van der Waals surface area contributed by atoms with Crippen molar-refractivity contribution >= 4 is 29.1 Å². The van der Waals surface area contributed by atoms with Crippen LogP contribution in [0.1, 0.15) is 15.6 Å². The maximum atomic E-state index is 10.6. The molecular weight excluding hydrogens is 270 g/mol. The summed E-state index contributed by atoms with van der Waals surface area (Å²) >= 11 is 2.88. The summed E-state index contributed by atoms with van der Waals surface area (Å²) in [4.78, 5) is 20.3. The molecule has 96 valence electrons. The lowest BCUT2D eigenvalue weighted by Crippen LogP contribution is -2.02. The van der Waals surface area contributed by atoms with E-state index in [0.717, 1.165) is 20.7 Å². The van der Waals surface area contributed by atoms with Crippen molar-refractivity contribution in [3.8, 4) is 0 Å². The first-order valence-corrected chi connectivity index (χ1v) is 7.14. The molecule has 0 fully saturated rings. The van der Waals surface area contributed by atoms with Crippen LogP contribution in [0.5, 0.6) is 0 Å². The highest BCUT2D eigenvalue weighted by Crippen LogP contribution is 2.20. The summed E-state index contributed by atoms with van der Waals surface area (Å²) < 4.78 is 1.97. The molecule has 18 heavy (non-hydrogen) atoms. The average molecular weight is 283 g/mol. The molecule has 2 aromatic heterocycles. The highest BCUT2D eigenvalue weighted by Gasteiger charge is 2.10. The van der Waals surface area contributed by atoms with E-state index < -0.39 is 5.97 Å². The molecule has 5 nitrogen and oxygen atoms in total. The third-order valence-corrected chi connectivity index (χ3v) is 4.05. The van der Waals surface area contributed by atoms with E-state index in [1.807, 2.05) is 30.8 Å². The zero-order valence-corrected chi connectivity index (χ0v) is 11.7. The van der Waals surface area contributed by atoms with Gasteiger partial charge in [-0.15, -0.1) is 11.3 Å². The monoisotopic (exact) mass is 283 g/mol. The van der Waals surface area contributed by atoms with Crippen LogP contribution in [0.25, 0.3) is 0 Å². The first-order valence-electron chi connectivity index (χ1n) is 5.34. The van der Waals surface area contributed by atoms with Gasteiger partial charge in [0.2, 0.25) is 0 Å². The molecule has 2 aromatic rings. The lowest BCUT2D eigenvalue weighted by atomic mass is 10.5.